The van der Waals surface area contributed by atoms with Gasteiger partial charge in [0.2, 0.25) is 0 Å². The molecule has 1 aromatic carbocycles. The highest BCUT2D eigenvalue weighted by Crippen LogP contribution is 2.33. The number of benzene rings is 1. The summed E-state index contributed by atoms with van der Waals surface area (Å²) in [6.07, 6.45) is -3.97. The van der Waals surface area contributed by atoms with E-state index < -0.39 is 28.9 Å². The molecule has 2 rings (SSSR count). The molecule has 0 amide bonds. The molecule has 0 spiro atoms. The molecule has 0 atom stereocenters. The summed E-state index contributed by atoms with van der Waals surface area (Å²) in [5.41, 5.74) is -2.19. The van der Waals surface area contributed by atoms with Crippen LogP contribution < -0.4 is 4.74 Å². The van der Waals surface area contributed by atoms with Crippen molar-refractivity contribution in [1.29, 1.82) is 0 Å². The molecule has 3 nitrogen and oxygen atoms in total. The average molecular weight is 294 g/mol. The van der Waals surface area contributed by atoms with Gasteiger partial charge in [-0.2, -0.15) is 13.2 Å². The third-order valence-electron chi connectivity index (χ3n) is 3.18. The first-order chi connectivity index (χ1) is 9.30. The first-order valence-corrected chi connectivity index (χ1v) is 6.10. The van der Waals surface area contributed by atoms with Crippen molar-refractivity contribution in [1.82, 2.24) is 0 Å². The molecule has 0 saturated carbocycles. The lowest BCUT2D eigenvalue weighted by atomic mass is 9.96. The van der Waals surface area contributed by atoms with Crippen molar-refractivity contribution >= 4 is 0 Å². The number of aliphatic hydroxyl groups is 1. The zero-order chi connectivity index (χ0) is 14.8. The summed E-state index contributed by atoms with van der Waals surface area (Å²) >= 11 is 0. The number of hydrogen-bond acceptors (Lipinski definition) is 3. The Hall–Kier alpha value is -1.34. The Labute approximate surface area is 113 Å². The lowest BCUT2D eigenvalue weighted by molar-refractivity contribution is -0.137. The maximum absolute atomic E-state index is 13.4. The van der Waals surface area contributed by atoms with Crippen LogP contribution in [0.15, 0.2) is 18.2 Å². The smallest absolute Gasteiger partial charge is 0.416 e. The quantitative estimate of drug-likeness (QED) is 0.871. The molecule has 20 heavy (non-hydrogen) atoms. The van der Waals surface area contributed by atoms with Gasteiger partial charge in [-0.1, -0.05) is 0 Å². The van der Waals surface area contributed by atoms with Gasteiger partial charge in [0.25, 0.3) is 0 Å². The van der Waals surface area contributed by atoms with E-state index in [9.17, 15) is 22.7 Å². The van der Waals surface area contributed by atoms with Gasteiger partial charge >= 0.3 is 6.18 Å². The number of ether oxygens (including phenoxy) is 2. The van der Waals surface area contributed by atoms with E-state index in [0.717, 1.165) is 0 Å². The van der Waals surface area contributed by atoms with Crippen LogP contribution in [-0.4, -0.2) is 30.5 Å². The minimum Gasteiger partial charge on any atom is -0.487 e. The number of hydrogen-bond donors (Lipinski definition) is 1. The van der Waals surface area contributed by atoms with E-state index in [0.29, 0.717) is 44.3 Å². The van der Waals surface area contributed by atoms with Gasteiger partial charge in [0.15, 0.2) is 11.6 Å². The molecular formula is C13H14F4O3. The van der Waals surface area contributed by atoms with E-state index in [2.05, 4.69) is 0 Å². The summed E-state index contributed by atoms with van der Waals surface area (Å²) < 4.78 is 61.1. The van der Waals surface area contributed by atoms with Gasteiger partial charge in [0.1, 0.15) is 12.2 Å². The Morgan fingerprint density at radius 3 is 2.50 bits per heavy atom. The van der Waals surface area contributed by atoms with E-state index in [-0.39, 0.29) is 6.61 Å². The van der Waals surface area contributed by atoms with Gasteiger partial charge in [0.05, 0.1) is 5.56 Å². The zero-order valence-corrected chi connectivity index (χ0v) is 10.5. The van der Waals surface area contributed by atoms with E-state index in [1.165, 1.54) is 0 Å². The van der Waals surface area contributed by atoms with Crippen molar-refractivity contribution in [3.8, 4) is 5.75 Å². The Balaban J connectivity index is 2.09. The molecule has 1 aliphatic heterocycles. The Bertz CT molecular complexity index is 467. The van der Waals surface area contributed by atoms with Crippen LogP contribution in [0.2, 0.25) is 0 Å². The Morgan fingerprint density at radius 2 is 1.90 bits per heavy atom. The summed E-state index contributed by atoms with van der Waals surface area (Å²) in [7, 11) is 0. The van der Waals surface area contributed by atoms with Crippen molar-refractivity contribution in [2.45, 2.75) is 24.6 Å². The SMILES string of the molecule is OC1(COc2cc(C(F)(F)F)ccc2F)CCOCC1. The van der Waals surface area contributed by atoms with Gasteiger partial charge in [-0.05, 0) is 18.2 Å². The maximum atomic E-state index is 13.4. The third kappa shape index (κ3) is 3.61. The van der Waals surface area contributed by atoms with Crippen LogP contribution in [0.1, 0.15) is 18.4 Å². The topological polar surface area (TPSA) is 38.7 Å². The first-order valence-electron chi connectivity index (χ1n) is 6.10. The van der Waals surface area contributed by atoms with Crippen LogP contribution in [-0.2, 0) is 10.9 Å². The minimum absolute atomic E-state index is 0.269. The van der Waals surface area contributed by atoms with Gasteiger partial charge in [-0.25, -0.2) is 4.39 Å². The molecule has 112 valence electrons. The average Bonchev–Trinajstić information content (AvgIpc) is 2.37. The second-order valence-electron chi connectivity index (χ2n) is 4.77. The Morgan fingerprint density at radius 1 is 1.25 bits per heavy atom. The molecule has 1 N–H and O–H groups in total. The second-order valence-corrected chi connectivity index (χ2v) is 4.77. The predicted molar refractivity (Wildman–Crippen MR) is 61.9 cm³/mol. The van der Waals surface area contributed by atoms with Crippen LogP contribution in [0.25, 0.3) is 0 Å². The van der Waals surface area contributed by atoms with Crippen molar-refractivity contribution in [2.24, 2.45) is 0 Å². The Kier molecular flexibility index (Phi) is 4.19. The van der Waals surface area contributed by atoms with Gasteiger partial charge in [-0.3, -0.25) is 0 Å². The molecule has 1 aromatic rings. The van der Waals surface area contributed by atoms with Crippen molar-refractivity contribution in [3.05, 3.63) is 29.6 Å². The van der Waals surface area contributed by atoms with Crippen LogP contribution in [0.4, 0.5) is 17.6 Å². The number of alkyl halides is 3. The summed E-state index contributed by atoms with van der Waals surface area (Å²) in [5.74, 6) is -1.41. The fourth-order valence-corrected chi connectivity index (χ4v) is 1.90. The van der Waals surface area contributed by atoms with Gasteiger partial charge in [0, 0.05) is 26.1 Å². The standard InChI is InChI=1S/C13H14F4O3/c14-10-2-1-9(13(15,16)17)7-11(10)20-8-12(18)3-5-19-6-4-12/h1-2,7,18H,3-6,8H2. The summed E-state index contributed by atoms with van der Waals surface area (Å²) in [6, 6.07) is 1.94. The van der Waals surface area contributed by atoms with Crippen molar-refractivity contribution in [3.63, 3.8) is 0 Å². The minimum atomic E-state index is -4.57. The summed E-state index contributed by atoms with van der Waals surface area (Å²) in [6.45, 7) is 0.407. The molecule has 1 heterocycles. The van der Waals surface area contributed by atoms with E-state index in [1.807, 2.05) is 0 Å². The highest BCUT2D eigenvalue weighted by atomic mass is 19.4. The van der Waals surface area contributed by atoms with E-state index >= 15 is 0 Å². The fourth-order valence-electron chi connectivity index (χ4n) is 1.90. The largest absolute Gasteiger partial charge is 0.487 e. The molecule has 7 heteroatoms. The lowest BCUT2D eigenvalue weighted by Crippen LogP contribution is -2.41. The molecule has 1 aliphatic rings. The monoisotopic (exact) mass is 294 g/mol. The second kappa shape index (κ2) is 5.57. The zero-order valence-electron chi connectivity index (χ0n) is 10.5. The predicted octanol–water partition coefficient (Wildman–Crippen LogP) is 2.76. The molecule has 0 unspecified atom stereocenters. The maximum Gasteiger partial charge on any atom is 0.416 e. The highest BCUT2D eigenvalue weighted by molar-refractivity contribution is 5.32. The molecule has 0 aromatic heterocycles. The molecule has 0 bridgehead atoms. The fraction of sp³-hybridized carbons (Fsp3) is 0.538. The van der Waals surface area contributed by atoms with Crippen molar-refractivity contribution < 1.29 is 32.1 Å². The normalized spacial score (nSPS) is 18.9. The molecule has 0 aliphatic carbocycles. The van der Waals surface area contributed by atoms with Gasteiger partial charge < -0.3 is 14.6 Å². The lowest BCUT2D eigenvalue weighted by Gasteiger charge is -2.31. The molecule has 1 fully saturated rings. The van der Waals surface area contributed by atoms with Crippen molar-refractivity contribution in [2.75, 3.05) is 19.8 Å². The van der Waals surface area contributed by atoms with Crippen LogP contribution in [0.5, 0.6) is 5.75 Å². The van der Waals surface area contributed by atoms with E-state index in [4.69, 9.17) is 9.47 Å². The van der Waals surface area contributed by atoms with Crippen LogP contribution >= 0.6 is 0 Å². The summed E-state index contributed by atoms with van der Waals surface area (Å²) in [5, 5.41) is 10.1. The van der Waals surface area contributed by atoms with Crippen LogP contribution in [0.3, 0.4) is 0 Å². The third-order valence-corrected chi connectivity index (χ3v) is 3.18. The molecule has 0 radical (unpaired) electrons. The highest BCUT2D eigenvalue weighted by Gasteiger charge is 2.33. The van der Waals surface area contributed by atoms with Crippen LogP contribution in [0, 0.1) is 5.82 Å². The number of halogens is 4. The van der Waals surface area contributed by atoms with Gasteiger partial charge in [-0.15, -0.1) is 0 Å². The van der Waals surface area contributed by atoms with E-state index in [1.54, 1.807) is 0 Å². The number of rotatable bonds is 3. The molecular weight excluding hydrogens is 280 g/mol. The molecule has 1 saturated heterocycles. The summed E-state index contributed by atoms with van der Waals surface area (Å²) in [4.78, 5) is 0. The first kappa shape index (κ1) is 15.1.